The molecule has 622 valence electrons. The first-order chi connectivity index (χ1) is 59.6. The molecule has 20 rings (SSSR count). The first kappa shape index (κ1) is 85.9. The second kappa shape index (κ2) is 39.5. The number of nitrogens with zero attached hydrogens (tertiary/aromatic N) is 2. The minimum atomic E-state index is 0.00493. The number of hydrogen-bond acceptors (Lipinski definition) is 8. The zero-order valence-electron chi connectivity index (χ0n) is 73.3. The van der Waals surface area contributed by atoms with Crippen LogP contribution in [0.3, 0.4) is 0 Å². The van der Waals surface area contributed by atoms with Gasteiger partial charge in [0.05, 0.1) is 21.7 Å². The Kier molecular flexibility index (Phi) is 27.8. The second-order valence-corrected chi connectivity index (χ2v) is 40.8. The summed E-state index contributed by atoms with van der Waals surface area (Å²) in [6, 6.07) is 83.4. The molecule has 0 radical (unpaired) electrons. The lowest BCUT2D eigenvalue weighted by atomic mass is 9.99. The van der Waals surface area contributed by atoms with Crippen molar-refractivity contribution in [3.8, 4) is 9.75 Å². The molecule has 4 nitrogen and oxygen atoms in total. The molecule has 10 heteroatoms. The van der Waals surface area contributed by atoms with E-state index in [2.05, 4.69) is 294 Å². The first-order valence-corrected chi connectivity index (χ1v) is 50.1. The van der Waals surface area contributed by atoms with Crippen LogP contribution < -0.4 is 0 Å². The minimum absolute atomic E-state index is 0.00493. The van der Waals surface area contributed by atoms with Gasteiger partial charge in [-0.1, -0.05) is 323 Å². The van der Waals surface area contributed by atoms with Crippen LogP contribution in [0.4, 0.5) is 0 Å². The van der Waals surface area contributed by atoms with Gasteiger partial charge in [-0.05, 0) is 205 Å². The maximum atomic E-state index is 13.6. The third-order valence-corrected chi connectivity index (χ3v) is 32.0. The fraction of sp³-hybridized carbons (Fsp3) is 0.304. The molecule has 0 saturated carbocycles. The van der Waals surface area contributed by atoms with Crippen molar-refractivity contribution in [2.75, 3.05) is 13.1 Å². The maximum absolute atomic E-state index is 13.6. The fourth-order valence-corrected chi connectivity index (χ4v) is 25.4. The van der Waals surface area contributed by atoms with Crippen LogP contribution in [0.15, 0.2) is 241 Å². The van der Waals surface area contributed by atoms with E-state index < -0.39 is 0 Å². The van der Waals surface area contributed by atoms with Crippen LogP contribution in [0, 0.1) is 34.6 Å². The van der Waals surface area contributed by atoms with Gasteiger partial charge in [-0.2, -0.15) is 0 Å². The zero-order chi connectivity index (χ0) is 84.5. The number of allylic oxidation sites excluding steroid dienone is 1. The van der Waals surface area contributed by atoms with Crippen molar-refractivity contribution < 1.29 is 9.59 Å². The molecule has 0 spiro atoms. The van der Waals surface area contributed by atoms with Gasteiger partial charge in [-0.15, -0.1) is 68.0 Å². The van der Waals surface area contributed by atoms with Crippen molar-refractivity contribution in [3.05, 3.63) is 289 Å². The summed E-state index contributed by atoms with van der Waals surface area (Å²) in [5.41, 5.74) is 10.1. The summed E-state index contributed by atoms with van der Waals surface area (Å²) in [5.74, 6) is 0.00986. The highest BCUT2D eigenvalue weighted by molar-refractivity contribution is 7.28. The lowest BCUT2D eigenvalue weighted by molar-refractivity contribution is -0.124. The van der Waals surface area contributed by atoms with Gasteiger partial charge in [-0.25, -0.2) is 0 Å². The Morgan fingerprint density at radius 1 is 0.262 bits per heavy atom. The fourth-order valence-electron chi connectivity index (χ4n) is 18.3. The number of hydrogen-bond donors (Lipinski definition) is 0. The van der Waals surface area contributed by atoms with E-state index in [9.17, 15) is 9.59 Å². The largest absolute Gasteiger partial charge is 0.312 e. The van der Waals surface area contributed by atoms with Crippen LogP contribution in [-0.4, -0.2) is 34.7 Å². The Hall–Kier alpha value is -9.62. The van der Waals surface area contributed by atoms with Gasteiger partial charge < -0.3 is 9.80 Å². The molecule has 0 bridgehead atoms. The Labute approximate surface area is 746 Å². The van der Waals surface area contributed by atoms with Crippen LogP contribution in [0.5, 0.6) is 0 Å². The van der Waals surface area contributed by atoms with E-state index in [1.54, 1.807) is 28.2 Å². The number of amides is 2. The molecule has 8 heterocycles. The Balaban J connectivity index is 0.000000116. The monoisotopic (exact) mass is 1710 g/mol. The topological polar surface area (TPSA) is 40.6 Å². The van der Waals surface area contributed by atoms with E-state index in [-0.39, 0.29) is 11.8 Å². The zero-order valence-corrected chi connectivity index (χ0v) is 78.2. The Morgan fingerprint density at radius 2 is 0.623 bits per heavy atom. The van der Waals surface area contributed by atoms with Crippen LogP contribution in [0.2, 0.25) is 0 Å². The molecule has 0 N–H and O–H groups in total. The molecule has 12 aromatic carbocycles. The molecular weight excluding hydrogens is 1600 g/mol. The average Bonchev–Trinajstić information content (AvgIpc) is 1.57. The number of thiophene rings is 6. The summed E-state index contributed by atoms with van der Waals surface area (Å²) >= 11 is 11.2. The number of carbonyl (C=O) groups is 2. The summed E-state index contributed by atoms with van der Waals surface area (Å²) < 4.78 is 8.49. The second-order valence-electron chi connectivity index (χ2n) is 33.9. The van der Waals surface area contributed by atoms with Crippen molar-refractivity contribution in [2.45, 2.75) is 211 Å². The SMILES string of the molecule is CCCCCCN1C(=O)C2=C(c3ccc(-c4ccc(C)s4)s3)N(CCCCCC)C(=O)C2=C1C.CCCCCCc1cc(C)sc1C.CCCCCc1ccc2c(ccc3c4ccc5cc(CCCCC)ccc5c4sc23)c1.Cc1ccc2c(ccc3c4ccc5cc(C)ccc5c4sc23)c1.c1ccc2c(c1)ccc1c3ccc4ccccc4c3sc21. The van der Waals surface area contributed by atoms with Crippen molar-refractivity contribution in [3.63, 3.8) is 0 Å². The lowest BCUT2D eigenvalue weighted by Crippen LogP contribution is -2.30. The summed E-state index contributed by atoms with van der Waals surface area (Å²) in [6.45, 7) is 25.4. The van der Waals surface area contributed by atoms with Gasteiger partial charge in [0.2, 0.25) is 0 Å². The van der Waals surface area contributed by atoms with Crippen LogP contribution in [0.1, 0.15) is 204 Å². The van der Waals surface area contributed by atoms with Gasteiger partial charge in [0.1, 0.15) is 0 Å². The van der Waals surface area contributed by atoms with E-state index in [1.807, 2.05) is 62.1 Å². The standard InChI is InChI=1S/C30H32S.C28H36N2O2S2.C22H16S.C20H12S.C12H20S/c1-3-5-7-9-21-11-15-25-23(19-21)13-17-27-28-18-14-24-20-22(10-8-6-4-2)12-16-26(24)30(28)31-29(25)27;1-5-7-9-11-17-29-20(4)24-25(28(29)32)26(30(27(24)31)18-12-10-8-6-2)23-16-15-22(34-23)21-14-13-19(3)33-21;1-13-3-7-17-15(11-13)5-9-19-20-10-6-16-12-14(2)4-8-18(16)22(20)23-21(17)19;1-3-7-15-13(5-1)9-11-17-18-12-10-14-6-2-4-8-16(14)20(18)21-19(15)17;1-4-5-6-7-8-12-9-10(2)13-11(12)3/h11-20H,3-10H2,1-2H3;13-16H,5-12,17-18H2,1-4H3;3-12H,1-2H3;1-12H;9H,4-8H2,1-3H3. The van der Waals surface area contributed by atoms with E-state index >= 15 is 0 Å². The molecule has 2 amide bonds. The molecule has 18 aromatic rings. The van der Waals surface area contributed by atoms with Crippen molar-refractivity contribution in [1.29, 1.82) is 0 Å². The van der Waals surface area contributed by atoms with Crippen LogP contribution in [0.25, 0.3) is 141 Å². The molecule has 0 atom stereocenters. The molecule has 6 aromatic heterocycles. The summed E-state index contributed by atoms with van der Waals surface area (Å²) in [6.07, 6.45) is 25.8. The normalized spacial score (nSPS) is 12.9. The number of unbranched alkanes of at least 4 members (excludes halogenated alkanes) is 13. The smallest absolute Gasteiger partial charge is 0.261 e. The van der Waals surface area contributed by atoms with Gasteiger partial charge in [-0.3, -0.25) is 9.59 Å². The van der Waals surface area contributed by atoms with Crippen molar-refractivity contribution in [2.24, 2.45) is 0 Å². The third kappa shape index (κ3) is 18.3. The average molecular weight is 1710 g/mol. The number of benzene rings is 12. The van der Waals surface area contributed by atoms with E-state index in [0.29, 0.717) is 24.2 Å². The predicted molar refractivity (Wildman–Crippen MR) is 544 cm³/mol. The van der Waals surface area contributed by atoms with Gasteiger partial charge in [0.15, 0.2) is 0 Å². The predicted octanol–water partition coefficient (Wildman–Crippen LogP) is 35.3. The molecular formula is C112H116N2O2S6. The van der Waals surface area contributed by atoms with E-state index in [4.69, 9.17) is 0 Å². The molecule has 2 aliphatic heterocycles. The van der Waals surface area contributed by atoms with E-state index in [0.717, 1.165) is 48.4 Å². The summed E-state index contributed by atoms with van der Waals surface area (Å²) in [7, 11) is 0. The summed E-state index contributed by atoms with van der Waals surface area (Å²) in [4.78, 5) is 38.7. The van der Waals surface area contributed by atoms with Gasteiger partial charge in [0, 0.05) is 104 Å². The van der Waals surface area contributed by atoms with Crippen LogP contribution in [-0.2, 0) is 28.9 Å². The number of rotatable bonds is 25. The lowest BCUT2D eigenvalue weighted by Gasteiger charge is -2.23. The molecule has 122 heavy (non-hydrogen) atoms. The highest BCUT2D eigenvalue weighted by Crippen LogP contribution is 2.49. The van der Waals surface area contributed by atoms with Gasteiger partial charge >= 0.3 is 0 Å². The highest BCUT2D eigenvalue weighted by atomic mass is 32.1. The molecule has 2 aliphatic rings. The third-order valence-electron chi connectivity index (χ3n) is 24.9. The maximum Gasteiger partial charge on any atom is 0.261 e. The molecule has 0 saturated heterocycles. The molecule has 0 fully saturated rings. The Morgan fingerprint density at radius 3 is 1.06 bits per heavy atom. The highest BCUT2D eigenvalue weighted by Gasteiger charge is 2.47. The first-order valence-electron chi connectivity index (χ1n) is 45.2. The van der Waals surface area contributed by atoms with E-state index in [1.165, 1.54) is 275 Å². The Bertz CT molecular complexity index is 6630. The number of fused-ring (bicyclic) bond motifs is 22. The number of carbonyl (C=O) groups excluding carboxylic acids is 2. The van der Waals surface area contributed by atoms with Crippen LogP contribution >= 0.6 is 68.0 Å². The summed E-state index contributed by atoms with van der Waals surface area (Å²) in [5, 5.41) is 24.7. The number of aryl methyl sites for hydroxylation is 8. The minimum Gasteiger partial charge on any atom is -0.312 e. The van der Waals surface area contributed by atoms with Crippen molar-refractivity contribution in [1.82, 2.24) is 9.80 Å². The molecule has 0 unspecified atom stereocenters. The quantitative estimate of drug-likeness (QED) is 0.0535. The molecule has 0 aliphatic carbocycles. The van der Waals surface area contributed by atoms with Gasteiger partial charge in [0.25, 0.3) is 11.8 Å². The van der Waals surface area contributed by atoms with Crippen molar-refractivity contribution >= 4 is 211 Å².